The smallest absolute Gasteiger partial charge is 0.335 e. The lowest BCUT2D eigenvalue weighted by Gasteiger charge is -2.30. The number of nitrogens with one attached hydrogen (secondary N) is 1. The highest BCUT2D eigenvalue weighted by Crippen LogP contribution is 2.33. The fourth-order valence-corrected chi connectivity index (χ4v) is 2.67. The Balaban J connectivity index is 1.90. The number of rotatable bonds is 5. The van der Waals surface area contributed by atoms with Crippen LogP contribution >= 0.6 is 0 Å². The molecule has 2 atom stereocenters. The van der Waals surface area contributed by atoms with Gasteiger partial charge in [0, 0.05) is 17.3 Å². The Morgan fingerprint density at radius 1 is 1.15 bits per heavy atom. The van der Waals surface area contributed by atoms with Crippen LogP contribution in [0, 0.1) is 6.92 Å². The highest BCUT2D eigenvalue weighted by Gasteiger charge is 2.54. The van der Waals surface area contributed by atoms with E-state index < -0.39 is 23.6 Å². The molecule has 1 aliphatic rings. The molecule has 0 aliphatic carbocycles. The molecule has 2 aromatic rings. The molecule has 3 rings (SSSR count). The lowest BCUT2D eigenvalue weighted by atomic mass is 10.0. The summed E-state index contributed by atoms with van der Waals surface area (Å²) < 4.78 is 10.3. The summed E-state index contributed by atoms with van der Waals surface area (Å²) in [5.41, 5.74) is 2.20. The molecule has 0 saturated carbocycles. The first-order chi connectivity index (χ1) is 12.4. The SMILES string of the molecule is COC(=O)C(Nc1ccc(C)cc1)C1(O)OC(c2ccccc2)=CC1=O. The van der Waals surface area contributed by atoms with E-state index in [1.54, 1.807) is 36.4 Å². The zero-order valence-corrected chi connectivity index (χ0v) is 14.4. The summed E-state index contributed by atoms with van der Waals surface area (Å²) in [7, 11) is 1.18. The van der Waals surface area contributed by atoms with E-state index >= 15 is 0 Å². The van der Waals surface area contributed by atoms with E-state index in [-0.39, 0.29) is 5.76 Å². The van der Waals surface area contributed by atoms with Gasteiger partial charge in [-0.15, -0.1) is 0 Å². The largest absolute Gasteiger partial charge is 0.467 e. The molecule has 1 heterocycles. The third kappa shape index (κ3) is 3.32. The van der Waals surface area contributed by atoms with Crippen molar-refractivity contribution in [3.05, 3.63) is 71.8 Å². The van der Waals surface area contributed by atoms with Crippen molar-refractivity contribution in [3.8, 4) is 0 Å². The molecule has 0 amide bonds. The number of ketones is 1. The average molecular weight is 353 g/mol. The topological polar surface area (TPSA) is 84.9 Å². The minimum atomic E-state index is -2.40. The molecule has 26 heavy (non-hydrogen) atoms. The number of methoxy groups -OCH3 is 1. The maximum atomic E-state index is 12.5. The predicted octanol–water partition coefficient (Wildman–Crippen LogP) is 2.28. The quantitative estimate of drug-likeness (QED) is 0.802. The number of carbonyl (C=O) groups excluding carboxylic acids is 2. The van der Waals surface area contributed by atoms with E-state index in [1.165, 1.54) is 13.2 Å². The zero-order valence-electron chi connectivity index (χ0n) is 14.4. The molecule has 0 spiro atoms. The van der Waals surface area contributed by atoms with Gasteiger partial charge in [0.2, 0.25) is 5.78 Å². The molecule has 2 unspecified atom stereocenters. The average Bonchev–Trinajstić information content (AvgIpc) is 2.97. The number of ether oxygens (including phenoxy) is 2. The number of benzene rings is 2. The van der Waals surface area contributed by atoms with Gasteiger partial charge in [-0.1, -0.05) is 48.0 Å². The van der Waals surface area contributed by atoms with E-state index in [0.717, 1.165) is 5.56 Å². The van der Waals surface area contributed by atoms with Gasteiger partial charge in [-0.25, -0.2) is 4.79 Å². The molecule has 0 saturated heterocycles. The van der Waals surface area contributed by atoms with Gasteiger partial charge in [-0.3, -0.25) is 4.79 Å². The summed E-state index contributed by atoms with van der Waals surface area (Å²) in [6, 6.07) is 14.6. The number of carbonyl (C=O) groups is 2. The van der Waals surface area contributed by atoms with Crippen molar-refractivity contribution >= 4 is 23.2 Å². The van der Waals surface area contributed by atoms with E-state index in [4.69, 9.17) is 9.47 Å². The first-order valence-corrected chi connectivity index (χ1v) is 8.08. The summed E-state index contributed by atoms with van der Waals surface area (Å²) in [5, 5.41) is 13.7. The molecule has 0 bridgehead atoms. The van der Waals surface area contributed by atoms with E-state index in [1.807, 2.05) is 25.1 Å². The second-order valence-electron chi connectivity index (χ2n) is 6.00. The fourth-order valence-electron chi connectivity index (χ4n) is 2.67. The first kappa shape index (κ1) is 17.7. The number of aryl methyl sites for hydroxylation is 1. The molecular formula is C20H19NO5. The molecule has 0 aromatic heterocycles. The van der Waals surface area contributed by atoms with Gasteiger partial charge < -0.3 is 19.9 Å². The Bertz CT molecular complexity index is 844. The monoisotopic (exact) mass is 353 g/mol. The van der Waals surface area contributed by atoms with Gasteiger partial charge in [0.15, 0.2) is 6.04 Å². The van der Waals surface area contributed by atoms with Crippen LogP contribution in [0.25, 0.3) is 5.76 Å². The highest BCUT2D eigenvalue weighted by molar-refractivity contribution is 6.07. The summed E-state index contributed by atoms with van der Waals surface area (Å²) in [4.78, 5) is 24.8. The molecule has 1 aliphatic heterocycles. The first-order valence-electron chi connectivity index (χ1n) is 8.08. The van der Waals surface area contributed by atoms with Crippen molar-refractivity contribution in [1.82, 2.24) is 0 Å². The van der Waals surface area contributed by atoms with Crippen LogP contribution in [-0.2, 0) is 19.1 Å². The van der Waals surface area contributed by atoms with Gasteiger partial charge in [-0.05, 0) is 19.1 Å². The molecule has 2 N–H and O–H groups in total. The second-order valence-corrected chi connectivity index (χ2v) is 6.00. The standard InChI is InChI=1S/C20H19NO5/c1-13-8-10-15(11-9-13)21-18(19(23)25-2)20(24)17(22)12-16(26-20)14-6-4-3-5-7-14/h3-12,18,21,24H,1-2H3. The van der Waals surface area contributed by atoms with Gasteiger partial charge in [-0.2, -0.15) is 0 Å². The van der Waals surface area contributed by atoms with Crippen LogP contribution in [0.3, 0.4) is 0 Å². The third-order valence-corrected chi connectivity index (χ3v) is 4.13. The molecule has 0 radical (unpaired) electrons. The Labute approximate surface area is 151 Å². The molecule has 6 nitrogen and oxygen atoms in total. The van der Waals surface area contributed by atoms with E-state index in [0.29, 0.717) is 11.3 Å². The number of hydrogen-bond acceptors (Lipinski definition) is 6. The Hall–Kier alpha value is -3.12. The van der Waals surface area contributed by atoms with E-state index in [2.05, 4.69) is 5.32 Å². The van der Waals surface area contributed by atoms with Gasteiger partial charge >= 0.3 is 11.8 Å². The lowest BCUT2D eigenvalue weighted by molar-refractivity contribution is -0.185. The highest BCUT2D eigenvalue weighted by atomic mass is 16.6. The van der Waals surface area contributed by atoms with Gasteiger partial charge in [0.25, 0.3) is 0 Å². The lowest BCUT2D eigenvalue weighted by Crippen LogP contribution is -2.56. The van der Waals surface area contributed by atoms with Gasteiger partial charge in [0.1, 0.15) is 5.76 Å². The van der Waals surface area contributed by atoms with Crippen molar-refractivity contribution in [1.29, 1.82) is 0 Å². The molecule has 2 aromatic carbocycles. The second kappa shape index (κ2) is 7.01. The van der Waals surface area contributed by atoms with E-state index in [9.17, 15) is 14.7 Å². The molecule has 6 heteroatoms. The van der Waals surface area contributed by atoms with Crippen LogP contribution in [0.1, 0.15) is 11.1 Å². The number of hydrogen-bond donors (Lipinski definition) is 2. The Kier molecular flexibility index (Phi) is 4.77. The minimum Gasteiger partial charge on any atom is -0.467 e. The van der Waals surface area contributed by atoms with Crippen LogP contribution in [0.5, 0.6) is 0 Å². The maximum absolute atomic E-state index is 12.5. The zero-order chi connectivity index (χ0) is 18.7. The van der Waals surface area contributed by atoms with Crippen molar-refractivity contribution in [2.75, 3.05) is 12.4 Å². The van der Waals surface area contributed by atoms with Crippen LogP contribution in [0.4, 0.5) is 5.69 Å². The Morgan fingerprint density at radius 2 is 1.81 bits per heavy atom. The normalized spacial score (nSPS) is 20.1. The van der Waals surface area contributed by atoms with Crippen LogP contribution in [-0.4, -0.2) is 35.8 Å². The summed E-state index contributed by atoms with van der Waals surface area (Å²) in [5.74, 6) is -3.75. The maximum Gasteiger partial charge on any atom is 0.335 e. The predicted molar refractivity (Wildman–Crippen MR) is 96.1 cm³/mol. The Morgan fingerprint density at radius 3 is 2.42 bits per heavy atom. The third-order valence-electron chi connectivity index (χ3n) is 4.13. The van der Waals surface area contributed by atoms with Crippen LogP contribution in [0.15, 0.2) is 60.7 Å². The van der Waals surface area contributed by atoms with Crippen molar-refractivity contribution in [3.63, 3.8) is 0 Å². The summed E-state index contributed by atoms with van der Waals surface area (Å²) in [6.45, 7) is 1.93. The fraction of sp³-hybridized carbons (Fsp3) is 0.200. The molecular weight excluding hydrogens is 334 g/mol. The summed E-state index contributed by atoms with van der Waals surface area (Å²) >= 11 is 0. The number of anilines is 1. The molecule has 134 valence electrons. The van der Waals surface area contributed by atoms with Crippen LogP contribution in [0.2, 0.25) is 0 Å². The van der Waals surface area contributed by atoms with Crippen molar-refractivity contribution in [2.45, 2.75) is 18.8 Å². The van der Waals surface area contributed by atoms with Crippen molar-refractivity contribution < 1.29 is 24.2 Å². The van der Waals surface area contributed by atoms with Gasteiger partial charge in [0.05, 0.1) is 7.11 Å². The van der Waals surface area contributed by atoms with Crippen LogP contribution < -0.4 is 5.32 Å². The number of aliphatic hydroxyl groups is 1. The minimum absolute atomic E-state index is 0.192. The molecule has 0 fully saturated rings. The summed E-state index contributed by atoms with van der Waals surface area (Å²) in [6.07, 6.45) is 1.18. The number of esters is 1. The van der Waals surface area contributed by atoms with Crippen molar-refractivity contribution in [2.24, 2.45) is 0 Å².